The molecule has 2 aromatic rings. The van der Waals surface area contributed by atoms with Gasteiger partial charge in [0.2, 0.25) is 5.91 Å². The van der Waals surface area contributed by atoms with Crippen LogP contribution in [0.5, 0.6) is 0 Å². The van der Waals surface area contributed by atoms with Gasteiger partial charge >= 0.3 is 0 Å². The molecule has 1 amide bonds. The quantitative estimate of drug-likeness (QED) is 0.918. The molecule has 0 fully saturated rings. The fourth-order valence-corrected chi connectivity index (χ4v) is 3.19. The molecule has 0 aliphatic rings. The van der Waals surface area contributed by atoms with Crippen molar-refractivity contribution in [1.29, 1.82) is 0 Å². The van der Waals surface area contributed by atoms with Crippen molar-refractivity contribution < 1.29 is 9.00 Å². The van der Waals surface area contributed by atoms with Crippen LogP contribution in [0.1, 0.15) is 11.1 Å². The highest BCUT2D eigenvalue weighted by atomic mass is 32.2. The van der Waals surface area contributed by atoms with Gasteiger partial charge in [0.05, 0.1) is 0 Å². The maximum atomic E-state index is 11.9. The minimum Gasteiger partial charge on any atom is -0.369 e. The van der Waals surface area contributed by atoms with Crippen LogP contribution >= 0.6 is 0 Å². The van der Waals surface area contributed by atoms with Gasteiger partial charge in [0.25, 0.3) is 0 Å². The molecule has 2 aromatic carbocycles. The molecule has 0 unspecified atom stereocenters. The third-order valence-corrected chi connectivity index (χ3v) is 4.31. The molecule has 0 saturated carbocycles. The summed E-state index contributed by atoms with van der Waals surface area (Å²) in [6.45, 7) is 2.05. The number of rotatable bonds is 5. The summed E-state index contributed by atoms with van der Waals surface area (Å²) >= 11 is 0. The van der Waals surface area contributed by atoms with Crippen molar-refractivity contribution in [3.05, 3.63) is 59.7 Å². The molecule has 0 heterocycles. The summed E-state index contributed by atoms with van der Waals surface area (Å²) in [5.41, 5.74) is 9.41. The Morgan fingerprint density at radius 1 is 1.05 bits per heavy atom. The summed E-state index contributed by atoms with van der Waals surface area (Å²) in [6.07, 6.45) is 0. The molecule has 0 aliphatic carbocycles. The second-order valence-corrected chi connectivity index (χ2v) is 6.12. The zero-order valence-corrected chi connectivity index (χ0v) is 12.2. The predicted molar refractivity (Wildman–Crippen MR) is 82.5 cm³/mol. The summed E-state index contributed by atoms with van der Waals surface area (Å²) < 4.78 is 11.9. The molecule has 0 saturated heterocycles. The average Bonchev–Trinajstić information content (AvgIpc) is 2.39. The van der Waals surface area contributed by atoms with Crippen LogP contribution in [0.25, 0.3) is 11.1 Å². The highest BCUT2D eigenvalue weighted by molar-refractivity contribution is 7.84. The number of amides is 1. The minimum atomic E-state index is -1.27. The largest absolute Gasteiger partial charge is 0.369 e. The van der Waals surface area contributed by atoms with Crippen LogP contribution in [0.15, 0.2) is 48.5 Å². The van der Waals surface area contributed by atoms with Crippen molar-refractivity contribution in [2.75, 3.05) is 5.75 Å². The fourth-order valence-electron chi connectivity index (χ4n) is 2.17. The molecular formula is C16H17NO2S. The third-order valence-electron chi connectivity index (χ3n) is 3.07. The first kappa shape index (κ1) is 14.5. The lowest BCUT2D eigenvalue weighted by molar-refractivity contribution is -0.115. The first-order valence-electron chi connectivity index (χ1n) is 6.35. The van der Waals surface area contributed by atoms with Crippen molar-refractivity contribution in [2.45, 2.75) is 12.7 Å². The van der Waals surface area contributed by atoms with Gasteiger partial charge in [0.15, 0.2) is 0 Å². The van der Waals surface area contributed by atoms with E-state index in [1.807, 2.05) is 55.5 Å². The van der Waals surface area contributed by atoms with Crippen LogP contribution in [0.4, 0.5) is 0 Å². The average molecular weight is 287 g/mol. The SMILES string of the molecule is Cc1ccccc1-c1ccccc1C[S@](=O)CC(N)=O. The Hall–Kier alpha value is -1.94. The Morgan fingerprint density at radius 3 is 2.30 bits per heavy atom. The van der Waals surface area contributed by atoms with Gasteiger partial charge < -0.3 is 5.73 Å². The highest BCUT2D eigenvalue weighted by Gasteiger charge is 2.11. The molecular weight excluding hydrogens is 270 g/mol. The van der Waals surface area contributed by atoms with E-state index in [1.165, 1.54) is 5.56 Å². The number of hydrogen-bond donors (Lipinski definition) is 1. The molecule has 0 bridgehead atoms. The van der Waals surface area contributed by atoms with Crippen molar-refractivity contribution in [3.63, 3.8) is 0 Å². The number of nitrogens with two attached hydrogens (primary N) is 1. The first-order chi connectivity index (χ1) is 9.58. The number of hydrogen-bond acceptors (Lipinski definition) is 2. The number of benzene rings is 2. The second-order valence-electron chi connectivity index (χ2n) is 4.67. The van der Waals surface area contributed by atoms with Gasteiger partial charge in [-0.05, 0) is 29.2 Å². The second kappa shape index (κ2) is 6.48. The molecule has 104 valence electrons. The lowest BCUT2D eigenvalue weighted by Gasteiger charge is -2.11. The molecule has 2 N–H and O–H groups in total. The Bertz CT molecular complexity index is 652. The molecule has 1 atom stereocenters. The molecule has 0 radical (unpaired) electrons. The van der Waals surface area contributed by atoms with Gasteiger partial charge in [-0.15, -0.1) is 0 Å². The monoisotopic (exact) mass is 287 g/mol. The van der Waals surface area contributed by atoms with Crippen LogP contribution in [0, 0.1) is 6.92 Å². The highest BCUT2D eigenvalue weighted by Crippen LogP contribution is 2.27. The maximum Gasteiger partial charge on any atom is 0.230 e. The summed E-state index contributed by atoms with van der Waals surface area (Å²) in [7, 11) is -1.27. The molecule has 20 heavy (non-hydrogen) atoms. The Kier molecular flexibility index (Phi) is 4.69. The third kappa shape index (κ3) is 3.54. The lowest BCUT2D eigenvalue weighted by Crippen LogP contribution is -2.20. The normalized spacial score (nSPS) is 12.1. The van der Waals surface area contributed by atoms with Crippen molar-refractivity contribution in [3.8, 4) is 11.1 Å². The van der Waals surface area contributed by atoms with E-state index in [9.17, 15) is 9.00 Å². The number of aryl methyl sites for hydroxylation is 1. The zero-order valence-electron chi connectivity index (χ0n) is 11.3. The zero-order chi connectivity index (χ0) is 14.5. The minimum absolute atomic E-state index is 0.0951. The summed E-state index contributed by atoms with van der Waals surface area (Å²) in [5, 5.41) is 0. The lowest BCUT2D eigenvalue weighted by atomic mass is 9.97. The molecule has 0 aromatic heterocycles. The first-order valence-corrected chi connectivity index (χ1v) is 7.84. The van der Waals surface area contributed by atoms with E-state index in [-0.39, 0.29) is 5.75 Å². The Balaban J connectivity index is 2.34. The van der Waals surface area contributed by atoms with Gasteiger partial charge in [-0.3, -0.25) is 9.00 Å². The number of carbonyl (C=O) groups is 1. The van der Waals surface area contributed by atoms with Crippen LogP contribution in [0.3, 0.4) is 0 Å². The standard InChI is InChI=1S/C16H17NO2S/c1-12-6-2-4-8-14(12)15-9-5-3-7-13(15)10-20(19)11-16(17)18/h2-9H,10-11H2,1H3,(H2,17,18)/t20-/m0/s1. The van der Waals surface area contributed by atoms with Gasteiger partial charge in [-0.2, -0.15) is 0 Å². The molecule has 4 heteroatoms. The molecule has 0 aliphatic heterocycles. The summed E-state index contributed by atoms with van der Waals surface area (Å²) in [5.74, 6) is -0.285. The van der Waals surface area contributed by atoms with Gasteiger partial charge in [0, 0.05) is 16.6 Å². The van der Waals surface area contributed by atoms with Crippen molar-refractivity contribution >= 4 is 16.7 Å². The fraction of sp³-hybridized carbons (Fsp3) is 0.188. The van der Waals surface area contributed by atoms with Crippen LogP contribution < -0.4 is 5.73 Å². The van der Waals surface area contributed by atoms with Gasteiger partial charge in [-0.1, -0.05) is 48.5 Å². The van der Waals surface area contributed by atoms with Crippen LogP contribution in [0.2, 0.25) is 0 Å². The van der Waals surface area contributed by atoms with E-state index in [0.717, 1.165) is 16.7 Å². The van der Waals surface area contributed by atoms with Crippen molar-refractivity contribution in [1.82, 2.24) is 0 Å². The smallest absolute Gasteiger partial charge is 0.230 e. The van der Waals surface area contributed by atoms with Gasteiger partial charge in [0.1, 0.15) is 5.75 Å². The van der Waals surface area contributed by atoms with E-state index >= 15 is 0 Å². The van der Waals surface area contributed by atoms with Crippen LogP contribution in [-0.2, 0) is 21.3 Å². The van der Waals surface area contributed by atoms with E-state index in [1.54, 1.807) is 0 Å². The Labute approximate surface area is 121 Å². The maximum absolute atomic E-state index is 11.9. The van der Waals surface area contributed by atoms with E-state index in [2.05, 4.69) is 0 Å². The van der Waals surface area contributed by atoms with Gasteiger partial charge in [-0.25, -0.2) is 0 Å². The number of primary amides is 1. The predicted octanol–water partition coefficient (Wildman–Crippen LogP) is 2.40. The summed E-state index contributed by atoms with van der Waals surface area (Å²) in [6, 6.07) is 15.9. The Morgan fingerprint density at radius 2 is 1.65 bits per heavy atom. The van der Waals surface area contributed by atoms with E-state index in [0.29, 0.717) is 5.75 Å². The molecule has 0 spiro atoms. The van der Waals surface area contributed by atoms with E-state index in [4.69, 9.17) is 5.73 Å². The van der Waals surface area contributed by atoms with Crippen LogP contribution in [-0.4, -0.2) is 15.9 Å². The summed E-state index contributed by atoms with van der Waals surface area (Å²) in [4.78, 5) is 10.8. The van der Waals surface area contributed by atoms with E-state index < -0.39 is 16.7 Å². The topological polar surface area (TPSA) is 60.2 Å². The number of carbonyl (C=O) groups excluding carboxylic acids is 1. The molecule has 2 rings (SSSR count). The molecule has 3 nitrogen and oxygen atoms in total. The van der Waals surface area contributed by atoms with Crippen molar-refractivity contribution in [2.24, 2.45) is 5.73 Å².